The Labute approximate surface area is 52.9 Å². The molecule has 0 saturated heterocycles. The second kappa shape index (κ2) is 2.05. The van der Waals surface area contributed by atoms with Crippen LogP contribution in [0.3, 0.4) is 0 Å². The van der Waals surface area contributed by atoms with Crippen molar-refractivity contribution in [1.82, 2.24) is 0 Å². The van der Waals surface area contributed by atoms with E-state index < -0.39 is 0 Å². The Morgan fingerprint density at radius 2 is 2.33 bits per heavy atom. The Morgan fingerprint density at radius 1 is 1.67 bits per heavy atom. The van der Waals surface area contributed by atoms with Crippen LogP contribution in [-0.4, -0.2) is 28.1 Å². The summed E-state index contributed by atoms with van der Waals surface area (Å²) in [5.41, 5.74) is 0.630. The fourth-order valence-electron chi connectivity index (χ4n) is 0.757. The SMILES string of the molecule is CCC1=[N+]([O-])C=[N+]([O-])C1. The number of rotatable bonds is 1. The monoisotopic (exact) mass is 128 g/mol. The van der Waals surface area contributed by atoms with E-state index >= 15 is 0 Å². The van der Waals surface area contributed by atoms with Gasteiger partial charge >= 0.3 is 6.34 Å². The number of hydroxylamine groups is 2. The van der Waals surface area contributed by atoms with Crippen LogP contribution in [0.2, 0.25) is 0 Å². The molecule has 0 aromatic carbocycles. The molecular weight excluding hydrogens is 120 g/mol. The zero-order valence-corrected chi connectivity index (χ0v) is 5.20. The van der Waals surface area contributed by atoms with E-state index in [1.165, 1.54) is 0 Å². The highest BCUT2D eigenvalue weighted by Crippen LogP contribution is 1.91. The van der Waals surface area contributed by atoms with E-state index in [-0.39, 0.29) is 6.54 Å². The lowest BCUT2D eigenvalue weighted by Crippen LogP contribution is -2.11. The van der Waals surface area contributed by atoms with Gasteiger partial charge in [-0.1, -0.05) is 6.92 Å². The summed E-state index contributed by atoms with van der Waals surface area (Å²) in [6.45, 7) is 2.09. The van der Waals surface area contributed by atoms with Crippen molar-refractivity contribution < 1.29 is 9.48 Å². The minimum Gasteiger partial charge on any atom is -0.619 e. The molecule has 0 amide bonds. The maximum Gasteiger partial charge on any atom is 0.424 e. The topological polar surface area (TPSA) is 52.1 Å². The summed E-state index contributed by atoms with van der Waals surface area (Å²) < 4.78 is 1.26. The van der Waals surface area contributed by atoms with Gasteiger partial charge in [0.15, 0.2) is 0 Å². The van der Waals surface area contributed by atoms with Crippen LogP contribution in [-0.2, 0) is 0 Å². The molecule has 1 rings (SSSR count). The summed E-state index contributed by atoms with van der Waals surface area (Å²) in [4.78, 5) is 0. The minimum absolute atomic E-state index is 0.236. The molecule has 0 bridgehead atoms. The van der Waals surface area contributed by atoms with Gasteiger partial charge in [0.2, 0.25) is 12.3 Å². The van der Waals surface area contributed by atoms with Crippen LogP contribution >= 0.6 is 0 Å². The number of hydrogen-bond donors (Lipinski definition) is 0. The van der Waals surface area contributed by atoms with Crippen molar-refractivity contribution >= 4 is 12.1 Å². The summed E-state index contributed by atoms with van der Waals surface area (Å²) in [6, 6.07) is 0. The summed E-state index contributed by atoms with van der Waals surface area (Å²) in [5, 5.41) is 21.0. The molecule has 50 valence electrons. The first-order valence-electron chi connectivity index (χ1n) is 2.84. The summed E-state index contributed by atoms with van der Waals surface area (Å²) >= 11 is 0. The lowest BCUT2D eigenvalue weighted by molar-refractivity contribution is -0.462. The average molecular weight is 128 g/mol. The van der Waals surface area contributed by atoms with Crippen molar-refractivity contribution in [2.45, 2.75) is 13.3 Å². The molecule has 0 atom stereocenters. The average Bonchev–Trinajstić information content (AvgIpc) is 2.10. The highest BCUT2D eigenvalue weighted by molar-refractivity contribution is 5.84. The normalized spacial score (nSPS) is 18.6. The van der Waals surface area contributed by atoms with E-state index in [1.807, 2.05) is 6.92 Å². The first-order valence-corrected chi connectivity index (χ1v) is 2.84. The lowest BCUT2D eigenvalue weighted by Gasteiger charge is -1.89. The molecule has 1 heterocycles. The molecular formula is C5H8N2O2. The van der Waals surface area contributed by atoms with E-state index in [2.05, 4.69) is 0 Å². The largest absolute Gasteiger partial charge is 0.619 e. The van der Waals surface area contributed by atoms with E-state index in [4.69, 9.17) is 0 Å². The van der Waals surface area contributed by atoms with Gasteiger partial charge in [0.25, 0.3) is 0 Å². The molecule has 4 nitrogen and oxygen atoms in total. The summed E-state index contributed by atoms with van der Waals surface area (Å²) in [6.07, 6.45) is 1.66. The highest BCUT2D eigenvalue weighted by Gasteiger charge is 2.19. The van der Waals surface area contributed by atoms with Crippen molar-refractivity contribution in [2.24, 2.45) is 0 Å². The Bertz CT molecular complexity index is 183. The number of nitrogens with zero attached hydrogens (tertiary/aromatic N) is 2. The summed E-state index contributed by atoms with van der Waals surface area (Å²) in [5.74, 6) is 0. The van der Waals surface area contributed by atoms with Gasteiger partial charge in [-0.2, -0.15) is 0 Å². The zero-order chi connectivity index (χ0) is 6.85. The van der Waals surface area contributed by atoms with Crippen molar-refractivity contribution in [3.8, 4) is 0 Å². The van der Waals surface area contributed by atoms with Crippen molar-refractivity contribution in [3.05, 3.63) is 10.4 Å². The van der Waals surface area contributed by atoms with Gasteiger partial charge in [-0.15, -0.1) is 9.48 Å². The minimum atomic E-state index is 0.236. The maximum absolute atomic E-state index is 10.6. The van der Waals surface area contributed by atoms with Gasteiger partial charge in [-0.3, -0.25) is 0 Å². The molecule has 1 aliphatic rings. The number of hydrogen-bond acceptors (Lipinski definition) is 2. The Kier molecular flexibility index (Phi) is 1.38. The molecule has 0 unspecified atom stereocenters. The molecule has 4 heteroatoms. The molecule has 9 heavy (non-hydrogen) atoms. The Hall–Kier alpha value is -1.06. The molecule has 0 saturated carbocycles. The van der Waals surface area contributed by atoms with Crippen LogP contribution in [0, 0.1) is 10.4 Å². The molecule has 0 aromatic heterocycles. The van der Waals surface area contributed by atoms with Crippen molar-refractivity contribution in [2.75, 3.05) is 6.54 Å². The second-order valence-electron chi connectivity index (χ2n) is 1.94. The third kappa shape index (κ3) is 1.01. The van der Waals surface area contributed by atoms with Gasteiger partial charge < -0.3 is 10.4 Å². The quantitative estimate of drug-likeness (QED) is 0.365. The van der Waals surface area contributed by atoms with E-state index in [1.54, 1.807) is 0 Å². The van der Waals surface area contributed by atoms with Gasteiger partial charge in [-0.25, -0.2) is 0 Å². The first kappa shape index (κ1) is 6.07. The fourth-order valence-corrected chi connectivity index (χ4v) is 0.757. The molecule has 1 aliphatic heterocycles. The van der Waals surface area contributed by atoms with Crippen LogP contribution in [0.4, 0.5) is 0 Å². The van der Waals surface area contributed by atoms with Crippen LogP contribution < -0.4 is 0 Å². The third-order valence-corrected chi connectivity index (χ3v) is 1.29. The van der Waals surface area contributed by atoms with Gasteiger partial charge in [0, 0.05) is 6.42 Å². The van der Waals surface area contributed by atoms with E-state index in [0.29, 0.717) is 21.6 Å². The van der Waals surface area contributed by atoms with Gasteiger partial charge in [0.1, 0.15) is 0 Å². The Balaban J connectivity index is 2.72. The summed E-state index contributed by atoms with van der Waals surface area (Å²) in [7, 11) is 0. The predicted molar refractivity (Wildman–Crippen MR) is 33.5 cm³/mol. The van der Waals surface area contributed by atoms with Crippen LogP contribution in [0.5, 0.6) is 0 Å². The fraction of sp³-hybridized carbons (Fsp3) is 0.600. The van der Waals surface area contributed by atoms with Crippen molar-refractivity contribution in [3.63, 3.8) is 0 Å². The Morgan fingerprint density at radius 3 is 2.56 bits per heavy atom. The van der Waals surface area contributed by atoms with Gasteiger partial charge in [0.05, 0.1) is 0 Å². The molecule has 0 aromatic rings. The van der Waals surface area contributed by atoms with Crippen LogP contribution in [0.15, 0.2) is 0 Å². The van der Waals surface area contributed by atoms with Crippen molar-refractivity contribution in [1.29, 1.82) is 0 Å². The molecule has 0 N–H and O–H groups in total. The maximum atomic E-state index is 10.6. The molecule has 0 radical (unpaired) electrons. The second-order valence-corrected chi connectivity index (χ2v) is 1.94. The van der Waals surface area contributed by atoms with E-state index in [9.17, 15) is 10.4 Å². The van der Waals surface area contributed by atoms with E-state index in [0.717, 1.165) is 6.34 Å². The smallest absolute Gasteiger partial charge is 0.424 e. The first-order chi connectivity index (χ1) is 4.24. The molecule has 0 aliphatic carbocycles. The van der Waals surface area contributed by atoms with Gasteiger partial charge in [-0.05, 0) is 0 Å². The molecule has 0 fully saturated rings. The highest BCUT2D eigenvalue weighted by atomic mass is 16.5. The zero-order valence-electron chi connectivity index (χ0n) is 5.20. The standard InChI is InChI=1S/C5H8N2O2/c1-2-5-3-6(8)4-7(5)9/h4H,2-3H2,1H3. The van der Waals surface area contributed by atoms with Crippen LogP contribution in [0.1, 0.15) is 13.3 Å². The molecule has 0 spiro atoms. The van der Waals surface area contributed by atoms with Crippen LogP contribution in [0.25, 0.3) is 0 Å². The third-order valence-electron chi connectivity index (χ3n) is 1.29. The lowest BCUT2D eigenvalue weighted by atomic mass is 10.3. The predicted octanol–water partition coefficient (Wildman–Crippen LogP) is -0.100.